The van der Waals surface area contributed by atoms with Gasteiger partial charge in [-0.2, -0.15) is 13.2 Å². The van der Waals surface area contributed by atoms with Crippen molar-refractivity contribution in [2.24, 2.45) is 10.7 Å². The Bertz CT molecular complexity index is 714. The fourth-order valence-corrected chi connectivity index (χ4v) is 2.15. The maximum Gasteiger partial charge on any atom is 0.415 e. The van der Waals surface area contributed by atoms with Crippen LogP contribution in [-0.2, 0) is 0 Å². The normalized spacial score (nSPS) is 15.7. The SMILES string of the molecule is CN/C(=C/N)c1ccc(C2=C(C(F)(F)F)CC=CC=N2)nc1N. The minimum atomic E-state index is -4.50. The lowest BCUT2D eigenvalue weighted by molar-refractivity contribution is -0.0923. The van der Waals surface area contributed by atoms with Gasteiger partial charge in [0.15, 0.2) is 0 Å². The standard InChI is InChI=1S/C15H16F3N5/c1-21-12(8-19)9-5-6-11(23-14(9)20)13-10(15(16,17)18)4-2-3-7-22-13/h2-3,5-8,21H,4,19H2,1H3,(H2,20,23)/b12-8+. The Balaban J connectivity index is 2.56. The molecule has 2 heterocycles. The molecule has 0 radical (unpaired) electrons. The van der Waals surface area contributed by atoms with Crippen LogP contribution in [0.1, 0.15) is 17.7 Å². The van der Waals surface area contributed by atoms with Gasteiger partial charge in [-0.05, 0) is 24.6 Å². The van der Waals surface area contributed by atoms with E-state index in [2.05, 4.69) is 15.3 Å². The summed E-state index contributed by atoms with van der Waals surface area (Å²) in [5.41, 5.74) is 11.4. The lowest BCUT2D eigenvalue weighted by Gasteiger charge is -2.14. The molecule has 2 rings (SSSR count). The van der Waals surface area contributed by atoms with Gasteiger partial charge in [0, 0.05) is 25.0 Å². The van der Waals surface area contributed by atoms with Gasteiger partial charge in [0.05, 0.1) is 22.7 Å². The van der Waals surface area contributed by atoms with Crippen LogP contribution in [0.3, 0.4) is 0 Å². The third-order valence-electron chi connectivity index (χ3n) is 3.27. The van der Waals surface area contributed by atoms with Gasteiger partial charge in [0.25, 0.3) is 0 Å². The van der Waals surface area contributed by atoms with E-state index in [9.17, 15) is 13.2 Å². The number of aromatic nitrogens is 1. The second-order valence-corrected chi connectivity index (χ2v) is 4.70. The molecular weight excluding hydrogens is 307 g/mol. The summed E-state index contributed by atoms with van der Waals surface area (Å²) in [4.78, 5) is 7.93. The van der Waals surface area contributed by atoms with Gasteiger partial charge in [0.2, 0.25) is 0 Å². The van der Waals surface area contributed by atoms with E-state index in [1.807, 2.05) is 0 Å². The Kier molecular flexibility index (Phi) is 4.73. The molecule has 0 aliphatic carbocycles. The third-order valence-corrected chi connectivity index (χ3v) is 3.27. The molecule has 0 spiro atoms. The zero-order chi connectivity index (χ0) is 17.0. The fourth-order valence-electron chi connectivity index (χ4n) is 2.15. The second kappa shape index (κ2) is 6.55. The van der Waals surface area contributed by atoms with Crippen LogP contribution in [0.4, 0.5) is 19.0 Å². The molecule has 1 aliphatic heterocycles. The average Bonchev–Trinajstić information content (AvgIpc) is 2.75. The van der Waals surface area contributed by atoms with Crippen molar-refractivity contribution < 1.29 is 13.2 Å². The highest BCUT2D eigenvalue weighted by atomic mass is 19.4. The van der Waals surface area contributed by atoms with Gasteiger partial charge in [-0.1, -0.05) is 6.08 Å². The Morgan fingerprint density at radius 2 is 2.09 bits per heavy atom. The smallest absolute Gasteiger partial charge is 0.403 e. The monoisotopic (exact) mass is 323 g/mol. The van der Waals surface area contributed by atoms with Crippen molar-refractivity contribution in [3.63, 3.8) is 0 Å². The maximum atomic E-state index is 13.2. The number of anilines is 1. The zero-order valence-corrected chi connectivity index (χ0v) is 12.4. The molecule has 0 amide bonds. The summed E-state index contributed by atoms with van der Waals surface area (Å²) in [7, 11) is 1.65. The van der Waals surface area contributed by atoms with Crippen molar-refractivity contribution in [1.29, 1.82) is 0 Å². The molecule has 1 aromatic heterocycles. The molecular formula is C15H16F3N5. The van der Waals surface area contributed by atoms with Crippen LogP contribution in [0.2, 0.25) is 0 Å². The molecule has 1 aromatic rings. The summed E-state index contributed by atoms with van der Waals surface area (Å²) in [6.07, 6.45) is 0.705. The highest BCUT2D eigenvalue weighted by Crippen LogP contribution is 2.36. The van der Waals surface area contributed by atoms with Crippen molar-refractivity contribution in [3.05, 3.63) is 47.3 Å². The summed E-state index contributed by atoms with van der Waals surface area (Å²) in [5.74, 6) is 0.0648. The van der Waals surface area contributed by atoms with Crippen molar-refractivity contribution in [2.75, 3.05) is 12.8 Å². The van der Waals surface area contributed by atoms with E-state index >= 15 is 0 Å². The molecule has 0 aromatic carbocycles. The Hall–Kier alpha value is -2.77. The Morgan fingerprint density at radius 3 is 2.65 bits per heavy atom. The van der Waals surface area contributed by atoms with Gasteiger partial charge in [-0.3, -0.25) is 4.99 Å². The number of aliphatic imine (C=N–C) groups is 1. The molecule has 122 valence electrons. The topological polar surface area (TPSA) is 89.3 Å². The molecule has 23 heavy (non-hydrogen) atoms. The number of pyridine rings is 1. The number of halogens is 3. The van der Waals surface area contributed by atoms with Crippen molar-refractivity contribution in [1.82, 2.24) is 10.3 Å². The van der Waals surface area contributed by atoms with E-state index in [1.54, 1.807) is 13.1 Å². The molecule has 0 saturated heterocycles. The summed E-state index contributed by atoms with van der Waals surface area (Å²) in [5, 5.41) is 2.84. The zero-order valence-electron chi connectivity index (χ0n) is 12.4. The van der Waals surface area contributed by atoms with Crippen LogP contribution >= 0.6 is 0 Å². The minimum Gasteiger partial charge on any atom is -0.403 e. The molecule has 0 bridgehead atoms. The van der Waals surface area contributed by atoms with Gasteiger partial charge in [0.1, 0.15) is 5.82 Å². The summed E-state index contributed by atoms with van der Waals surface area (Å²) >= 11 is 0. The predicted octanol–water partition coefficient (Wildman–Crippen LogP) is 2.44. The number of allylic oxidation sites excluding steroid dienone is 3. The first-order valence-corrected chi connectivity index (χ1v) is 6.75. The van der Waals surface area contributed by atoms with E-state index in [4.69, 9.17) is 11.5 Å². The second-order valence-electron chi connectivity index (χ2n) is 4.70. The van der Waals surface area contributed by atoms with Crippen LogP contribution in [0, 0.1) is 0 Å². The van der Waals surface area contributed by atoms with Crippen LogP contribution in [0.25, 0.3) is 11.4 Å². The fraction of sp³-hybridized carbons (Fsp3) is 0.200. The molecule has 0 saturated carbocycles. The molecule has 8 heteroatoms. The van der Waals surface area contributed by atoms with Crippen molar-refractivity contribution in [2.45, 2.75) is 12.6 Å². The Labute approximate surface area is 131 Å². The van der Waals surface area contributed by atoms with E-state index in [0.717, 1.165) is 0 Å². The Morgan fingerprint density at radius 1 is 1.35 bits per heavy atom. The van der Waals surface area contributed by atoms with Crippen molar-refractivity contribution in [3.8, 4) is 0 Å². The lowest BCUT2D eigenvalue weighted by atomic mass is 10.1. The molecule has 1 aliphatic rings. The van der Waals surface area contributed by atoms with Crippen molar-refractivity contribution >= 4 is 23.4 Å². The first kappa shape index (κ1) is 16.6. The van der Waals surface area contributed by atoms with Crippen LogP contribution in [0.5, 0.6) is 0 Å². The number of nitrogens with zero attached hydrogens (tertiary/aromatic N) is 2. The van der Waals surface area contributed by atoms with E-state index in [-0.39, 0.29) is 23.6 Å². The summed E-state index contributed by atoms with van der Waals surface area (Å²) in [6, 6.07) is 3.00. The maximum absolute atomic E-state index is 13.2. The lowest BCUT2D eigenvalue weighted by Crippen LogP contribution is -2.14. The first-order valence-electron chi connectivity index (χ1n) is 6.75. The number of rotatable bonds is 3. The third kappa shape index (κ3) is 3.53. The molecule has 0 fully saturated rings. The predicted molar refractivity (Wildman–Crippen MR) is 85.1 cm³/mol. The molecule has 5 nitrogen and oxygen atoms in total. The van der Waals surface area contributed by atoms with E-state index in [0.29, 0.717) is 11.3 Å². The average molecular weight is 323 g/mol. The molecule has 5 N–H and O–H groups in total. The summed E-state index contributed by atoms with van der Waals surface area (Å²) < 4.78 is 39.6. The highest BCUT2D eigenvalue weighted by Gasteiger charge is 2.36. The molecule has 0 atom stereocenters. The number of alkyl halides is 3. The minimum absolute atomic E-state index is 0.0611. The van der Waals surface area contributed by atoms with Crippen LogP contribution in [-0.4, -0.2) is 24.4 Å². The number of hydrogen-bond acceptors (Lipinski definition) is 5. The molecule has 0 unspecified atom stereocenters. The quantitative estimate of drug-likeness (QED) is 0.797. The summed E-state index contributed by atoms with van der Waals surface area (Å²) in [6.45, 7) is 0. The van der Waals surface area contributed by atoms with E-state index in [1.165, 1.54) is 30.6 Å². The number of nitrogens with two attached hydrogens (primary N) is 2. The number of hydrogen-bond donors (Lipinski definition) is 3. The van der Waals surface area contributed by atoms with Gasteiger partial charge >= 0.3 is 6.18 Å². The van der Waals surface area contributed by atoms with Gasteiger partial charge < -0.3 is 16.8 Å². The van der Waals surface area contributed by atoms with Gasteiger partial charge in [-0.15, -0.1) is 0 Å². The van der Waals surface area contributed by atoms with Crippen LogP contribution < -0.4 is 16.8 Å². The van der Waals surface area contributed by atoms with E-state index < -0.39 is 11.7 Å². The number of nitrogen functional groups attached to an aromatic ring is 1. The van der Waals surface area contributed by atoms with Crippen LogP contribution in [0.15, 0.2) is 41.1 Å². The highest BCUT2D eigenvalue weighted by molar-refractivity contribution is 5.83. The number of nitrogens with one attached hydrogen (secondary N) is 1. The largest absolute Gasteiger partial charge is 0.415 e. The van der Waals surface area contributed by atoms with Gasteiger partial charge in [-0.25, -0.2) is 4.98 Å². The first-order chi connectivity index (χ1) is 10.9.